The van der Waals surface area contributed by atoms with E-state index in [1.807, 2.05) is 0 Å². The van der Waals surface area contributed by atoms with E-state index in [2.05, 4.69) is 29.9 Å². The van der Waals surface area contributed by atoms with Crippen LogP contribution in [-0.4, -0.2) is 29.9 Å². The highest BCUT2D eigenvalue weighted by Crippen LogP contribution is 2.34. The van der Waals surface area contributed by atoms with E-state index in [-0.39, 0.29) is 21.7 Å². The highest BCUT2D eigenvalue weighted by atomic mass is 35.6. The fourth-order valence-corrected chi connectivity index (χ4v) is 1.59. The van der Waals surface area contributed by atoms with Crippen LogP contribution < -0.4 is 0 Å². The van der Waals surface area contributed by atoms with Gasteiger partial charge in [0.2, 0.25) is 19.6 Å². The van der Waals surface area contributed by atoms with Crippen molar-refractivity contribution in [2.75, 3.05) is 0 Å². The number of nitrogens with zero attached hydrogens (tertiary/aromatic N) is 6. The molecular weight excluding hydrogens is 381 g/mol. The van der Waals surface area contributed by atoms with Crippen molar-refractivity contribution in [2.45, 2.75) is 3.79 Å². The van der Waals surface area contributed by atoms with Crippen LogP contribution in [0.1, 0.15) is 5.82 Å². The molecule has 0 saturated heterocycles. The van der Waals surface area contributed by atoms with Crippen molar-refractivity contribution < 1.29 is 0 Å². The number of rotatable bonds is 0. The Balaban J connectivity index is 0.000000191. The van der Waals surface area contributed by atoms with E-state index in [1.165, 1.54) is 12.7 Å². The minimum Gasteiger partial charge on any atom is -0.225 e. The minimum absolute atomic E-state index is 0.000000000000000444. The normalized spacial score (nSPS) is 10.6. The lowest BCUT2D eigenvalue weighted by molar-refractivity contribution is 0.916. The molecule has 0 unspecified atom stereocenters. The van der Waals surface area contributed by atoms with Gasteiger partial charge in [-0.15, -0.1) is 0 Å². The van der Waals surface area contributed by atoms with Crippen LogP contribution in [0.25, 0.3) is 0 Å². The van der Waals surface area contributed by atoms with Gasteiger partial charge in [0.1, 0.15) is 12.7 Å². The van der Waals surface area contributed by atoms with Gasteiger partial charge in [0.25, 0.3) is 0 Å². The number of halogens is 6. The third-order valence-corrected chi connectivity index (χ3v) is 2.31. The summed E-state index contributed by atoms with van der Waals surface area (Å²) in [4.78, 5) is 21.2. The summed E-state index contributed by atoms with van der Waals surface area (Å²) < 4.78 is -1.55. The number of alkyl halides is 3. The quantitative estimate of drug-likeness (QED) is 0.648. The molecule has 0 aliphatic rings. The first-order valence-corrected chi connectivity index (χ1v) is 6.47. The van der Waals surface area contributed by atoms with Crippen LogP contribution in [0.3, 0.4) is 0 Å². The van der Waals surface area contributed by atoms with Gasteiger partial charge in [-0.05, 0) is 34.8 Å². The summed E-state index contributed by atoms with van der Waals surface area (Å²) in [7, 11) is 0. The van der Waals surface area contributed by atoms with Gasteiger partial charge in [-0.2, -0.15) is 15.0 Å². The number of hydrogen-bond acceptors (Lipinski definition) is 6. The van der Waals surface area contributed by atoms with Gasteiger partial charge < -0.3 is 0 Å². The second-order valence-corrected chi connectivity index (χ2v) is 5.90. The van der Waals surface area contributed by atoms with Crippen LogP contribution in [0.2, 0.25) is 15.9 Å². The zero-order valence-corrected chi connectivity index (χ0v) is 13.1. The van der Waals surface area contributed by atoms with Gasteiger partial charge in [0.15, 0.2) is 5.82 Å². The zero-order chi connectivity index (χ0) is 14.5. The SMILES string of the molecule is ClC(Cl)(Cl)c1ncncn1.Clc1nc(Cl)nc(Cl)n1. The largest absolute Gasteiger partial charge is 0.250 e. The first kappa shape index (κ1) is 16.8. The van der Waals surface area contributed by atoms with E-state index in [0.29, 0.717) is 0 Å². The van der Waals surface area contributed by atoms with Crippen LogP contribution >= 0.6 is 69.6 Å². The average molecular weight is 383 g/mol. The Morgan fingerprint density at radius 2 is 1.11 bits per heavy atom. The standard InChI is InChI=1S/C4H2Cl3N3.C3Cl3N3/c5-4(6,7)3-9-1-8-2-10-3;4-1-7-2(5)9-3(6)8-1/h1-2H;. The molecule has 0 radical (unpaired) electrons. The van der Waals surface area contributed by atoms with Crippen LogP contribution in [0, 0.1) is 0 Å². The predicted octanol–water partition coefficient (Wildman–Crippen LogP) is 3.53. The third kappa shape index (κ3) is 6.65. The van der Waals surface area contributed by atoms with E-state index >= 15 is 0 Å². The summed E-state index contributed by atoms with van der Waals surface area (Å²) in [5.41, 5.74) is 0. The summed E-state index contributed by atoms with van der Waals surface area (Å²) in [6.07, 6.45) is 2.54. The maximum absolute atomic E-state index is 5.44. The van der Waals surface area contributed by atoms with Crippen LogP contribution in [-0.2, 0) is 3.79 Å². The smallest absolute Gasteiger partial charge is 0.225 e. The molecule has 19 heavy (non-hydrogen) atoms. The van der Waals surface area contributed by atoms with E-state index in [1.54, 1.807) is 0 Å². The van der Waals surface area contributed by atoms with Gasteiger partial charge in [-0.25, -0.2) is 15.0 Å². The molecule has 2 heterocycles. The van der Waals surface area contributed by atoms with E-state index in [9.17, 15) is 0 Å². The van der Waals surface area contributed by atoms with Crippen molar-refractivity contribution in [3.8, 4) is 0 Å². The molecule has 0 aliphatic carbocycles. The molecule has 12 heteroatoms. The molecule has 0 N–H and O–H groups in total. The summed E-state index contributed by atoms with van der Waals surface area (Å²) in [5, 5.41) is 0.00000000000000178. The van der Waals surface area contributed by atoms with E-state index < -0.39 is 3.79 Å². The fraction of sp³-hybridized carbons (Fsp3) is 0.143. The summed E-state index contributed by atoms with van der Waals surface area (Å²) >= 11 is 32.3. The molecule has 0 bridgehead atoms. The van der Waals surface area contributed by atoms with Crippen molar-refractivity contribution in [2.24, 2.45) is 0 Å². The molecule has 2 aromatic rings. The molecule has 0 atom stereocenters. The topological polar surface area (TPSA) is 77.3 Å². The first-order valence-electron chi connectivity index (χ1n) is 4.21. The van der Waals surface area contributed by atoms with Crippen molar-refractivity contribution in [3.05, 3.63) is 34.3 Å². The average Bonchev–Trinajstić information content (AvgIpc) is 2.28. The summed E-state index contributed by atoms with van der Waals surface area (Å²) in [5.74, 6) is 0.132. The van der Waals surface area contributed by atoms with Crippen LogP contribution in [0.4, 0.5) is 0 Å². The number of aromatic nitrogens is 6. The second kappa shape index (κ2) is 7.52. The lowest BCUT2D eigenvalue weighted by Crippen LogP contribution is -2.06. The van der Waals surface area contributed by atoms with E-state index in [4.69, 9.17) is 69.6 Å². The van der Waals surface area contributed by atoms with Crippen LogP contribution in [0.15, 0.2) is 12.7 Å². The van der Waals surface area contributed by atoms with Crippen molar-refractivity contribution in [1.82, 2.24) is 29.9 Å². The highest BCUT2D eigenvalue weighted by Gasteiger charge is 2.25. The summed E-state index contributed by atoms with van der Waals surface area (Å²) in [6, 6.07) is 0. The zero-order valence-electron chi connectivity index (χ0n) is 8.61. The van der Waals surface area contributed by atoms with Gasteiger partial charge in [0.05, 0.1) is 0 Å². The van der Waals surface area contributed by atoms with E-state index in [0.717, 1.165) is 0 Å². The molecule has 0 amide bonds. The third-order valence-electron chi connectivity index (χ3n) is 1.30. The molecule has 0 aliphatic heterocycles. The lowest BCUT2D eigenvalue weighted by Gasteiger charge is -2.05. The van der Waals surface area contributed by atoms with Crippen molar-refractivity contribution in [3.63, 3.8) is 0 Å². The van der Waals surface area contributed by atoms with Crippen molar-refractivity contribution >= 4 is 69.6 Å². The Labute approximate surface area is 137 Å². The maximum Gasteiger partial charge on any atom is 0.250 e. The lowest BCUT2D eigenvalue weighted by atomic mass is 10.7. The molecule has 2 rings (SSSR count). The second-order valence-electron chi connectivity index (χ2n) is 2.60. The fourth-order valence-electron chi connectivity index (χ4n) is 0.689. The molecular formula is C7H2Cl6N6. The Hall–Kier alpha value is -0.240. The van der Waals surface area contributed by atoms with Crippen molar-refractivity contribution in [1.29, 1.82) is 0 Å². The molecule has 0 saturated carbocycles. The predicted molar refractivity (Wildman–Crippen MR) is 73.9 cm³/mol. The molecule has 0 spiro atoms. The van der Waals surface area contributed by atoms with Gasteiger partial charge in [0, 0.05) is 0 Å². The Kier molecular flexibility index (Phi) is 6.65. The molecule has 2 aromatic heterocycles. The monoisotopic (exact) mass is 380 g/mol. The Morgan fingerprint density at radius 1 is 0.737 bits per heavy atom. The maximum atomic E-state index is 5.44. The Morgan fingerprint density at radius 3 is 1.37 bits per heavy atom. The number of hydrogen-bond donors (Lipinski definition) is 0. The summed E-state index contributed by atoms with van der Waals surface area (Å²) in [6.45, 7) is 0. The van der Waals surface area contributed by atoms with Crippen LogP contribution in [0.5, 0.6) is 0 Å². The minimum atomic E-state index is -1.55. The molecule has 102 valence electrons. The molecule has 0 aromatic carbocycles. The molecule has 0 fully saturated rings. The van der Waals surface area contributed by atoms with Gasteiger partial charge in [-0.3, -0.25) is 0 Å². The Bertz CT molecular complexity index is 481. The molecule has 6 nitrogen and oxygen atoms in total. The van der Waals surface area contributed by atoms with Gasteiger partial charge >= 0.3 is 0 Å². The van der Waals surface area contributed by atoms with Gasteiger partial charge in [-0.1, -0.05) is 34.8 Å². The highest BCUT2D eigenvalue weighted by molar-refractivity contribution is 6.66. The first-order chi connectivity index (χ1) is 8.79.